The SMILES string of the molecule is CC1(C)OC(=O)[C@@H](CC(=O)OC[C@@H]2CN(c3ccc4cc(-c5ccccc5C(F)(F)F)[nH]c(=O)c4c3)C(=O)O2)O1. The number of hydrogen-bond acceptors (Lipinski definition) is 8. The van der Waals surface area contributed by atoms with E-state index in [1.54, 1.807) is 0 Å². The van der Waals surface area contributed by atoms with Crippen LogP contribution in [0.4, 0.5) is 23.7 Å². The minimum atomic E-state index is -4.61. The number of halogens is 3. The van der Waals surface area contributed by atoms with Crippen molar-refractivity contribution in [1.29, 1.82) is 0 Å². The third kappa shape index (κ3) is 5.50. The van der Waals surface area contributed by atoms with Gasteiger partial charge in [0, 0.05) is 36.2 Å². The summed E-state index contributed by atoms with van der Waals surface area (Å²) in [6, 6.07) is 10.8. The average molecular weight is 560 g/mol. The van der Waals surface area contributed by atoms with E-state index < -0.39 is 53.3 Å². The fourth-order valence-corrected chi connectivity index (χ4v) is 4.59. The van der Waals surface area contributed by atoms with Gasteiger partial charge < -0.3 is 23.9 Å². The smallest absolute Gasteiger partial charge is 0.417 e. The molecule has 1 amide bonds. The molecule has 2 saturated heterocycles. The number of pyridine rings is 1. The molecule has 0 aliphatic carbocycles. The molecule has 2 fully saturated rings. The zero-order valence-corrected chi connectivity index (χ0v) is 21.2. The summed E-state index contributed by atoms with van der Waals surface area (Å²) in [6.45, 7) is 2.80. The van der Waals surface area contributed by atoms with Crippen LogP contribution >= 0.6 is 0 Å². The van der Waals surface area contributed by atoms with E-state index in [4.69, 9.17) is 18.9 Å². The summed E-state index contributed by atoms with van der Waals surface area (Å²) in [6.07, 6.45) is -7.63. The van der Waals surface area contributed by atoms with E-state index in [9.17, 15) is 32.3 Å². The van der Waals surface area contributed by atoms with E-state index >= 15 is 0 Å². The fraction of sp³-hybridized carbons (Fsp3) is 0.333. The van der Waals surface area contributed by atoms with Crippen LogP contribution in [0, 0.1) is 0 Å². The molecular formula is C27H23F3N2O8. The topological polar surface area (TPSA) is 124 Å². The number of alkyl halides is 3. The van der Waals surface area contributed by atoms with Crippen molar-refractivity contribution >= 4 is 34.5 Å². The molecule has 1 aromatic heterocycles. The maximum Gasteiger partial charge on any atom is 0.417 e. The second kappa shape index (κ2) is 9.97. The van der Waals surface area contributed by atoms with E-state index in [0.29, 0.717) is 11.1 Å². The lowest BCUT2D eigenvalue weighted by atomic mass is 10.0. The number of esters is 2. The molecule has 0 unspecified atom stereocenters. The maximum absolute atomic E-state index is 13.5. The first-order valence-electron chi connectivity index (χ1n) is 12.2. The second-order valence-electron chi connectivity index (χ2n) is 9.76. The molecule has 2 aliphatic heterocycles. The minimum Gasteiger partial charge on any atom is -0.462 e. The summed E-state index contributed by atoms with van der Waals surface area (Å²) < 4.78 is 61.2. The molecule has 40 heavy (non-hydrogen) atoms. The number of ether oxygens (including phenoxy) is 4. The number of carbonyl (C=O) groups is 3. The molecule has 3 heterocycles. The van der Waals surface area contributed by atoms with Gasteiger partial charge in [-0.25, -0.2) is 9.59 Å². The third-order valence-corrected chi connectivity index (χ3v) is 6.36. The van der Waals surface area contributed by atoms with Crippen molar-refractivity contribution in [3.8, 4) is 11.3 Å². The van der Waals surface area contributed by atoms with Crippen molar-refractivity contribution in [1.82, 2.24) is 4.98 Å². The summed E-state index contributed by atoms with van der Waals surface area (Å²) >= 11 is 0. The number of nitrogens with one attached hydrogen (secondary N) is 1. The minimum absolute atomic E-state index is 0.000432. The first-order chi connectivity index (χ1) is 18.8. The predicted octanol–water partition coefficient (Wildman–Crippen LogP) is 4.15. The Balaban J connectivity index is 1.28. The Morgan fingerprint density at radius 3 is 2.58 bits per heavy atom. The Labute approximate surface area is 224 Å². The average Bonchev–Trinajstić information content (AvgIpc) is 3.38. The third-order valence-electron chi connectivity index (χ3n) is 6.36. The summed E-state index contributed by atoms with van der Waals surface area (Å²) in [5, 5.41) is 0.521. The number of carbonyl (C=O) groups excluding carboxylic acids is 3. The van der Waals surface area contributed by atoms with Crippen molar-refractivity contribution < 1.29 is 46.5 Å². The van der Waals surface area contributed by atoms with Gasteiger partial charge in [-0.1, -0.05) is 24.3 Å². The van der Waals surface area contributed by atoms with Crippen LogP contribution in [0.25, 0.3) is 22.0 Å². The van der Waals surface area contributed by atoms with Gasteiger partial charge in [0.1, 0.15) is 6.61 Å². The fourth-order valence-electron chi connectivity index (χ4n) is 4.59. The summed E-state index contributed by atoms with van der Waals surface area (Å²) in [5.74, 6) is -2.56. The van der Waals surface area contributed by atoms with Crippen LogP contribution in [-0.4, -0.2) is 54.2 Å². The van der Waals surface area contributed by atoms with Gasteiger partial charge in [0.05, 0.1) is 18.5 Å². The van der Waals surface area contributed by atoms with Gasteiger partial charge in [0.2, 0.25) is 5.79 Å². The number of rotatable bonds is 6. The monoisotopic (exact) mass is 560 g/mol. The van der Waals surface area contributed by atoms with E-state index in [2.05, 4.69) is 4.98 Å². The quantitative estimate of drug-likeness (QED) is 0.352. The zero-order chi connectivity index (χ0) is 28.8. The highest BCUT2D eigenvalue weighted by Crippen LogP contribution is 2.37. The first-order valence-corrected chi connectivity index (χ1v) is 12.2. The molecule has 210 valence electrons. The van der Waals surface area contributed by atoms with Crippen LogP contribution in [0.15, 0.2) is 53.3 Å². The molecule has 2 aliphatic rings. The largest absolute Gasteiger partial charge is 0.462 e. The molecule has 5 rings (SSSR count). The van der Waals surface area contributed by atoms with Crippen LogP contribution in [0.2, 0.25) is 0 Å². The Morgan fingerprint density at radius 1 is 1.12 bits per heavy atom. The van der Waals surface area contributed by atoms with Gasteiger partial charge >= 0.3 is 24.2 Å². The highest BCUT2D eigenvalue weighted by atomic mass is 19.4. The molecule has 10 nitrogen and oxygen atoms in total. The number of nitrogens with zero attached hydrogens (tertiary/aromatic N) is 1. The second-order valence-corrected chi connectivity index (χ2v) is 9.76. The Bertz CT molecular complexity index is 1570. The van der Waals surface area contributed by atoms with Crippen LogP contribution in [0.5, 0.6) is 0 Å². The normalized spacial score (nSPS) is 20.5. The number of amides is 1. The molecule has 2 aromatic carbocycles. The van der Waals surface area contributed by atoms with Gasteiger partial charge in [-0.15, -0.1) is 0 Å². The van der Waals surface area contributed by atoms with Crippen LogP contribution in [-0.2, 0) is 34.7 Å². The molecule has 2 atom stereocenters. The first kappa shape index (κ1) is 27.2. The molecule has 0 spiro atoms. The number of cyclic esters (lactones) is 2. The lowest BCUT2D eigenvalue weighted by molar-refractivity contribution is -0.161. The Kier molecular flexibility index (Phi) is 6.78. The summed E-state index contributed by atoms with van der Waals surface area (Å²) in [7, 11) is 0. The number of aromatic nitrogens is 1. The standard InChI is InChI=1S/C27H23F3N2O8/c1-26(2)39-21(24(35)40-26)11-22(33)37-13-16-12-32(25(36)38-16)15-8-7-14-9-20(31-23(34)18(14)10-15)17-5-3-4-6-19(17)27(28,29)30/h3-10,16,21H,11-13H2,1-2H3,(H,31,34)/t16-,21+/m0/s1. The molecule has 1 N–H and O–H groups in total. The van der Waals surface area contributed by atoms with E-state index in [1.165, 1.54) is 61.2 Å². The predicted molar refractivity (Wildman–Crippen MR) is 133 cm³/mol. The van der Waals surface area contributed by atoms with Gasteiger partial charge in [0.15, 0.2) is 12.2 Å². The van der Waals surface area contributed by atoms with Crippen molar-refractivity contribution in [2.45, 2.75) is 44.4 Å². The van der Waals surface area contributed by atoms with Crippen LogP contribution < -0.4 is 10.5 Å². The number of hydrogen-bond donors (Lipinski definition) is 1. The van der Waals surface area contributed by atoms with Crippen molar-refractivity contribution in [2.24, 2.45) is 0 Å². The van der Waals surface area contributed by atoms with Crippen molar-refractivity contribution in [3.63, 3.8) is 0 Å². The zero-order valence-electron chi connectivity index (χ0n) is 21.2. The van der Waals surface area contributed by atoms with Crippen molar-refractivity contribution in [2.75, 3.05) is 18.1 Å². The summed E-state index contributed by atoms with van der Waals surface area (Å²) in [4.78, 5) is 53.1. The highest BCUT2D eigenvalue weighted by Gasteiger charge is 2.42. The number of fused-ring (bicyclic) bond motifs is 1. The van der Waals surface area contributed by atoms with Gasteiger partial charge in [-0.05, 0) is 29.7 Å². The lowest BCUT2D eigenvalue weighted by Gasteiger charge is -2.15. The molecule has 0 bridgehead atoms. The lowest BCUT2D eigenvalue weighted by Crippen LogP contribution is -2.28. The van der Waals surface area contributed by atoms with E-state index in [0.717, 1.165) is 6.07 Å². The number of benzene rings is 2. The van der Waals surface area contributed by atoms with Gasteiger partial charge in [0.25, 0.3) is 5.56 Å². The van der Waals surface area contributed by atoms with E-state index in [-0.39, 0.29) is 36.2 Å². The molecule has 13 heteroatoms. The Morgan fingerprint density at radius 2 is 1.88 bits per heavy atom. The molecular weight excluding hydrogens is 537 g/mol. The Hall–Kier alpha value is -4.39. The number of H-pyrrole nitrogens is 1. The molecule has 3 aromatic rings. The number of anilines is 1. The van der Waals surface area contributed by atoms with E-state index in [1.807, 2.05) is 0 Å². The number of aromatic amines is 1. The van der Waals surface area contributed by atoms with Gasteiger partial charge in [-0.2, -0.15) is 13.2 Å². The van der Waals surface area contributed by atoms with Crippen molar-refractivity contribution in [3.05, 3.63) is 64.4 Å². The summed E-state index contributed by atoms with van der Waals surface area (Å²) in [5.41, 5.74) is -1.38. The molecule has 0 radical (unpaired) electrons. The highest BCUT2D eigenvalue weighted by molar-refractivity contribution is 5.95. The molecule has 0 saturated carbocycles. The maximum atomic E-state index is 13.5. The van der Waals surface area contributed by atoms with Crippen LogP contribution in [0.3, 0.4) is 0 Å². The van der Waals surface area contributed by atoms with Gasteiger partial charge in [-0.3, -0.25) is 14.5 Å². The van der Waals surface area contributed by atoms with Crippen LogP contribution in [0.1, 0.15) is 25.8 Å².